The number of hydrogen-bond donors (Lipinski definition) is 3. The Kier molecular flexibility index (Phi) is 3.92. The molecular weight excluding hydrogens is 264 g/mol. The zero-order chi connectivity index (χ0) is 14.7. The van der Waals surface area contributed by atoms with E-state index in [2.05, 4.69) is 27.5 Å². The Hall–Kier alpha value is -1.88. The molecule has 1 aromatic heterocycles. The third kappa shape index (κ3) is 3.08. The highest BCUT2D eigenvalue weighted by atomic mass is 16.3. The number of benzene rings is 1. The van der Waals surface area contributed by atoms with E-state index in [4.69, 9.17) is 0 Å². The fraction of sp³-hybridized carbons (Fsp3) is 0.500. The van der Waals surface area contributed by atoms with Crippen molar-refractivity contribution >= 4 is 22.7 Å². The van der Waals surface area contributed by atoms with E-state index in [1.165, 1.54) is 0 Å². The van der Waals surface area contributed by atoms with Gasteiger partial charge in [0.2, 0.25) is 5.95 Å². The molecule has 1 saturated carbocycles. The lowest BCUT2D eigenvalue weighted by Crippen LogP contribution is -2.20. The first-order chi connectivity index (χ1) is 10.3. The molecule has 1 aromatic carbocycles. The van der Waals surface area contributed by atoms with Crippen LogP contribution in [-0.2, 0) is 0 Å². The Labute approximate surface area is 124 Å². The maximum Gasteiger partial charge on any atom is 0.225 e. The van der Waals surface area contributed by atoms with E-state index in [9.17, 15) is 5.11 Å². The van der Waals surface area contributed by atoms with Gasteiger partial charge in [-0.05, 0) is 31.4 Å². The van der Waals surface area contributed by atoms with Crippen molar-refractivity contribution in [3.63, 3.8) is 0 Å². The van der Waals surface area contributed by atoms with Crippen molar-refractivity contribution in [2.75, 3.05) is 30.3 Å². The Morgan fingerprint density at radius 2 is 2.00 bits per heavy atom. The number of aliphatic hydroxyl groups is 1. The average molecular weight is 286 g/mol. The fourth-order valence-electron chi connectivity index (χ4n) is 2.37. The summed E-state index contributed by atoms with van der Waals surface area (Å²) in [5.74, 6) is 1.51. The fourth-order valence-corrected chi connectivity index (χ4v) is 2.37. The molecule has 0 saturated heterocycles. The van der Waals surface area contributed by atoms with Crippen LogP contribution in [0, 0.1) is 5.41 Å². The lowest BCUT2D eigenvalue weighted by molar-refractivity contribution is 0.219. The van der Waals surface area contributed by atoms with Crippen molar-refractivity contribution in [3.8, 4) is 0 Å². The van der Waals surface area contributed by atoms with Gasteiger partial charge in [-0.1, -0.05) is 19.1 Å². The van der Waals surface area contributed by atoms with Gasteiger partial charge in [-0.2, -0.15) is 4.98 Å². The maximum absolute atomic E-state index is 9.43. The molecule has 2 aromatic rings. The Morgan fingerprint density at radius 1 is 1.19 bits per heavy atom. The summed E-state index contributed by atoms with van der Waals surface area (Å²) in [6, 6.07) is 8.01. The number of fused-ring (bicyclic) bond motifs is 1. The molecule has 5 heteroatoms. The van der Waals surface area contributed by atoms with Crippen molar-refractivity contribution in [3.05, 3.63) is 24.3 Å². The van der Waals surface area contributed by atoms with E-state index in [1.807, 2.05) is 24.3 Å². The third-order valence-corrected chi connectivity index (χ3v) is 4.06. The maximum atomic E-state index is 9.43. The van der Waals surface area contributed by atoms with Gasteiger partial charge < -0.3 is 15.7 Å². The second kappa shape index (κ2) is 5.85. The quantitative estimate of drug-likeness (QED) is 0.730. The van der Waals surface area contributed by atoms with Crippen LogP contribution < -0.4 is 10.6 Å². The van der Waals surface area contributed by atoms with E-state index >= 15 is 0 Å². The van der Waals surface area contributed by atoms with Crippen LogP contribution in [0.4, 0.5) is 11.8 Å². The summed E-state index contributed by atoms with van der Waals surface area (Å²) in [5, 5.41) is 17.1. The van der Waals surface area contributed by atoms with Crippen LogP contribution in [0.15, 0.2) is 24.3 Å². The van der Waals surface area contributed by atoms with Crippen LogP contribution >= 0.6 is 0 Å². The van der Waals surface area contributed by atoms with Crippen molar-refractivity contribution in [1.82, 2.24) is 9.97 Å². The van der Waals surface area contributed by atoms with E-state index in [0.29, 0.717) is 5.95 Å². The molecule has 1 aliphatic carbocycles. The largest absolute Gasteiger partial charge is 0.396 e. The van der Waals surface area contributed by atoms with Crippen LogP contribution in [0.3, 0.4) is 0 Å². The molecule has 0 bridgehead atoms. The SMILES string of the molecule is CCCNc1nc(NCC2(CO)CC2)c2ccccc2n1. The van der Waals surface area contributed by atoms with Crippen molar-refractivity contribution in [2.24, 2.45) is 5.41 Å². The molecule has 0 spiro atoms. The van der Waals surface area contributed by atoms with E-state index in [-0.39, 0.29) is 12.0 Å². The molecule has 1 fully saturated rings. The van der Waals surface area contributed by atoms with Gasteiger partial charge in [0, 0.05) is 23.9 Å². The van der Waals surface area contributed by atoms with Gasteiger partial charge in [0.25, 0.3) is 0 Å². The predicted molar refractivity (Wildman–Crippen MR) is 85.6 cm³/mol. The zero-order valence-corrected chi connectivity index (χ0v) is 12.4. The van der Waals surface area contributed by atoms with E-state index < -0.39 is 0 Å². The number of nitrogens with one attached hydrogen (secondary N) is 2. The predicted octanol–water partition coefficient (Wildman–Crippen LogP) is 2.64. The van der Waals surface area contributed by atoms with E-state index in [0.717, 1.165) is 49.1 Å². The smallest absolute Gasteiger partial charge is 0.225 e. The van der Waals surface area contributed by atoms with Gasteiger partial charge >= 0.3 is 0 Å². The molecule has 3 N–H and O–H groups in total. The minimum absolute atomic E-state index is 0.0586. The van der Waals surface area contributed by atoms with E-state index in [1.54, 1.807) is 0 Å². The van der Waals surface area contributed by atoms with Crippen LogP contribution in [0.25, 0.3) is 10.9 Å². The Balaban J connectivity index is 1.87. The molecule has 5 nitrogen and oxygen atoms in total. The summed E-state index contributed by atoms with van der Waals surface area (Å²) in [5.41, 5.74) is 0.991. The first-order valence-corrected chi connectivity index (χ1v) is 7.62. The highest BCUT2D eigenvalue weighted by Crippen LogP contribution is 2.45. The minimum atomic E-state index is 0.0586. The molecule has 3 rings (SSSR count). The summed E-state index contributed by atoms with van der Waals surface area (Å²) in [6.07, 6.45) is 3.20. The van der Waals surface area contributed by atoms with Gasteiger partial charge in [0.05, 0.1) is 12.1 Å². The van der Waals surface area contributed by atoms with Crippen molar-refractivity contribution in [2.45, 2.75) is 26.2 Å². The molecule has 0 unspecified atom stereocenters. The number of para-hydroxylation sites is 1. The lowest BCUT2D eigenvalue weighted by atomic mass is 10.1. The molecule has 0 radical (unpaired) electrons. The average Bonchev–Trinajstić information content (AvgIpc) is 3.31. The van der Waals surface area contributed by atoms with Crippen LogP contribution in [-0.4, -0.2) is 34.8 Å². The van der Waals surface area contributed by atoms with Crippen LogP contribution in [0.5, 0.6) is 0 Å². The van der Waals surface area contributed by atoms with Crippen LogP contribution in [0.1, 0.15) is 26.2 Å². The number of rotatable bonds is 7. The second-order valence-electron chi connectivity index (χ2n) is 5.85. The number of aliphatic hydroxyl groups excluding tert-OH is 1. The minimum Gasteiger partial charge on any atom is -0.396 e. The van der Waals surface area contributed by atoms with Gasteiger partial charge in [-0.3, -0.25) is 0 Å². The number of nitrogens with zero attached hydrogens (tertiary/aromatic N) is 2. The highest BCUT2D eigenvalue weighted by molar-refractivity contribution is 5.90. The standard InChI is InChI=1S/C16H22N4O/c1-2-9-17-15-19-13-6-4-3-5-12(13)14(20-15)18-10-16(11-21)7-8-16/h3-6,21H,2,7-11H2,1H3,(H2,17,18,19,20). The monoisotopic (exact) mass is 286 g/mol. The van der Waals surface area contributed by atoms with Gasteiger partial charge in [-0.15, -0.1) is 0 Å². The summed E-state index contributed by atoms with van der Waals surface area (Å²) >= 11 is 0. The highest BCUT2D eigenvalue weighted by Gasteiger charge is 2.41. The Bertz CT molecular complexity index is 625. The normalized spacial score (nSPS) is 15.9. The summed E-state index contributed by atoms with van der Waals surface area (Å²) in [4.78, 5) is 9.13. The summed E-state index contributed by atoms with van der Waals surface area (Å²) in [6.45, 7) is 3.98. The molecule has 0 amide bonds. The summed E-state index contributed by atoms with van der Waals surface area (Å²) < 4.78 is 0. The number of anilines is 2. The first kappa shape index (κ1) is 14.1. The Morgan fingerprint density at radius 3 is 2.71 bits per heavy atom. The van der Waals surface area contributed by atoms with Crippen LogP contribution in [0.2, 0.25) is 0 Å². The van der Waals surface area contributed by atoms with Gasteiger partial charge in [0.15, 0.2) is 0 Å². The zero-order valence-electron chi connectivity index (χ0n) is 12.4. The molecule has 112 valence electrons. The molecule has 21 heavy (non-hydrogen) atoms. The molecule has 0 atom stereocenters. The second-order valence-corrected chi connectivity index (χ2v) is 5.85. The van der Waals surface area contributed by atoms with Gasteiger partial charge in [0.1, 0.15) is 5.82 Å². The molecule has 0 aliphatic heterocycles. The molecule has 1 aliphatic rings. The van der Waals surface area contributed by atoms with Gasteiger partial charge in [-0.25, -0.2) is 4.98 Å². The first-order valence-electron chi connectivity index (χ1n) is 7.62. The van der Waals surface area contributed by atoms with Crippen molar-refractivity contribution < 1.29 is 5.11 Å². The lowest BCUT2D eigenvalue weighted by Gasteiger charge is -2.15. The van der Waals surface area contributed by atoms with Crippen molar-refractivity contribution in [1.29, 1.82) is 0 Å². The molecular formula is C16H22N4O. The third-order valence-electron chi connectivity index (χ3n) is 4.06. The summed E-state index contributed by atoms with van der Waals surface area (Å²) in [7, 11) is 0. The number of aromatic nitrogens is 2. The number of hydrogen-bond acceptors (Lipinski definition) is 5. The topological polar surface area (TPSA) is 70.1 Å². The molecule has 1 heterocycles.